The van der Waals surface area contributed by atoms with Crippen molar-refractivity contribution in [2.24, 2.45) is 5.92 Å². The van der Waals surface area contributed by atoms with Gasteiger partial charge in [0.2, 0.25) is 0 Å². The molecule has 0 aliphatic heterocycles. The summed E-state index contributed by atoms with van der Waals surface area (Å²) in [6, 6.07) is 5.08. The summed E-state index contributed by atoms with van der Waals surface area (Å²) in [6.07, 6.45) is 3.83. The van der Waals surface area contributed by atoms with Crippen LogP contribution in [0.2, 0.25) is 10.0 Å². The number of hydrogen-bond donors (Lipinski definition) is 2. The Morgan fingerprint density at radius 1 is 1.22 bits per heavy atom. The molecule has 2 rings (SSSR count). The molecule has 0 fully saturated rings. The van der Waals surface area contributed by atoms with Gasteiger partial charge in [0.05, 0.1) is 23.1 Å². The predicted molar refractivity (Wildman–Crippen MR) is 93.6 cm³/mol. The molecule has 0 atom stereocenters. The molecule has 2 N–H and O–H groups in total. The first-order chi connectivity index (χ1) is 11.0. The summed E-state index contributed by atoms with van der Waals surface area (Å²) < 4.78 is 0. The van der Waals surface area contributed by atoms with E-state index in [0.717, 1.165) is 6.42 Å². The fourth-order valence-corrected chi connectivity index (χ4v) is 2.14. The zero-order valence-electron chi connectivity index (χ0n) is 12.9. The van der Waals surface area contributed by atoms with E-state index >= 15 is 0 Å². The van der Waals surface area contributed by atoms with Crippen LogP contribution in [-0.4, -0.2) is 22.4 Å². The fraction of sp³-hybridized carbons (Fsp3) is 0.312. The molecule has 1 aromatic carbocycles. The van der Waals surface area contributed by atoms with Gasteiger partial charge in [-0.2, -0.15) is 0 Å². The van der Waals surface area contributed by atoms with Crippen molar-refractivity contribution >= 4 is 40.6 Å². The summed E-state index contributed by atoms with van der Waals surface area (Å²) in [5.74, 6) is 0.786. The van der Waals surface area contributed by atoms with E-state index in [-0.39, 0.29) is 11.6 Å². The molecule has 0 aliphatic rings. The van der Waals surface area contributed by atoms with Crippen molar-refractivity contribution in [3.8, 4) is 0 Å². The van der Waals surface area contributed by atoms with Crippen molar-refractivity contribution in [3.05, 3.63) is 46.3 Å². The summed E-state index contributed by atoms with van der Waals surface area (Å²) in [5.41, 5.74) is 0.902. The van der Waals surface area contributed by atoms with Gasteiger partial charge in [-0.15, -0.1) is 0 Å². The highest BCUT2D eigenvalue weighted by atomic mass is 35.5. The summed E-state index contributed by atoms with van der Waals surface area (Å²) >= 11 is 12.0. The number of amides is 1. The predicted octanol–water partition coefficient (Wildman–Crippen LogP) is 4.30. The highest BCUT2D eigenvalue weighted by Gasteiger charge is 2.09. The Morgan fingerprint density at radius 2 is 2.00 bits per heavy atom. The minimum Gasteiger partial charge on any atom is -0.351 e. The van der Waals surface area contributed by atoms with Gasteiger partial charge in [-0.05, 0) is 30.5 Å². The maximum atomic E-state index is 11.9. The maximum Gasteiger partial charge on any atom is 0.271 e. The van der Waals surface area contributed by atoms with E-state index < -0.39 is 0 Å². The SMILES string of the molecule is CC(C)CCNC(=O)c1cnc(Nc2cc(Cl)ccc2Cl)cn1. The van der Waals surface area contributed by atoms with Crippen molar-refractivity contribution in [1.82, 2.24) is 15.3 Å². The van der Waals surface area contributed by atoms with Gasteiger partial charge in [-0.25, -0.2) is 9.97 Å². The van der Waals surface area contributed by atoms with E-state index in [0.29, 0.717) is 34.0 Å². The highest BCUT2D eigenvalue weighted by Crippen LogP contribution is 2.27. The molecule has 2 aromatic rings. The molecule has 0 spiro atoms. The van der Waals surface area contributed by atoms with Crippen LogP contribution in [-0.2, 0) is 0 Å². The Bertz CT molecular complexity index is 674. The number of benzene rings is 1. The number of halogens is 2. The largest absolute Gasteiger partial charge is 0.351 e. The first-order valence-corrected chi connectivity index (χ1v) is 8.03. The molecule has 0 saturated carbocycles. The van der Waals surface area contributed by atoms with E-state index in [1.165, 1.54) is 12.4 Å². The van der Waals surface area contributed by atoms with Crippen LogP contribution < -0.4 is 10.6 Å². The van der Waals surface area contributed by atoms with Gasteiger partial charge < -0.3 is 10.6 Å². The van der Waals surface area contributed by atoms with E-state index in [9.17, 15) is 4.79 Å². The average Bonchev–Trinajstić information content (AvgIpc) is 2.51. The number of nitrogens with zero attached hydrogens (tertiary/aromatic N) is 2. The number of hydrogen-bond acceptors (Lipinski definition) is 4. The Hall–Kier alpha value is -1.85. The lowest BCUT2D eigenvalue weighted by molar-refractivity contribution is 0.0946. The van der Waals surface area contributed by atoms with Crippen molar-refractivity contribution in [2.75, 3.05) is 11.9 Å². The number of rotatable bonds is 6. The van der Waals surface area contributed by atoms with Crippen LogP contribution in [0.5, 0.6) is 0 Å². The Kier molecular flexibility index (Phi) is 6.19. The quantitative estimate of drug-likeness (QED) is 0.812. The van der Waals surface area contributed by atoms with Gasteiger partial charge in [0.15, 0.2) is 0 Å². The number of anilines is 2. The molecule has 7 heteroatoms. The third-order valence-electron chi connectivity index (χ3n) is 3.08. The third kappa shape index (κ3) is 5.37. The lowest BCUT2D eigenvalue weighted by atomic mass is 10.1. The molecule has 5 nitrogen and oxygen atoms in total. The molecule has 1 heterocycles. The van der Waals surface area contributed by atoms with E-state index in [1.54, 1.807) is 18.2 Å². The molecular formula is C16H18Cl2N4O. The third-order valence-corrected chi connectivity index (χ3v) is 3.65. The first-order valence-electron chi connectivity index (χ1n) is 7.28. The highest BCUT2D eigenvalue weighted by molar-refractivity contribution is 6.35. The number of aromatic nitrogens is 2. The lowest BCUT2D eigenvalue weighted by Crippen LogP contribution is -2.26. The van der Waals surface area contributed by atoms with Crippen LogP contribution in [0.1, 0.15) is 30.8 Å². The standard InChI is InChI=1S/C16H18Cl2N4O/c1-10(2)5-6-19-16(23)14-8-21-15(9-20-14)22-13-7-11(17)3-4-12(13)18/h3-4,7-10H,5-6H2,1-2H3,(H,19,23)(H,21,22). The molecule has 1 amide bonds. The number of nitrogens with one attached hydrogen (secondary N) is 2. The van der Waals surface area contributed by atoms with Crippen molar-refractivity contribution in [2.45, 2.75) is 20.3 Å². The topological polar surface area (TPSA) is 66.9 Å². The fourth-order valence-electron chi connectivity index (χ4n) is 1.81. The zero-order valence-corrected chi connectivity index (χ0v) is 14.4. The van der Waals surface area contributed by atoms with Gasteiger partial charge in [-0.3, -0.25) is 4.79 Å². The molecule has 0 radical (unpaired) electrons. The monoisotopic (exact) mass is 352 g/mol. The molecule has 0 aliphatic carbocycles. The maximum absolute atomic E-state index is 11.9. The van der Waals surface area contributed by atoms with E-state index in [2.05, 4.69) is 34.4 Å². The van der Waals surface area contributed by atoms with E-state index in [1.807, 2.05) is 0 Å². The van der Waals surface area contributed by atoms with Crippen LogP contribution in [0.15, 0.2) is 30.6 Å². The Labute approximate surface area is 145 Å². The molecule has 1 aromatic heterocycles. The van der Waals surface area contributed by atoms with Gasteiger partial charge in [-0.1, -0.05) is 37.0 Å². The second-order valence-corrected chi connectivity index (χ2v) is 6.32. The van der Waals surface area contributed by atoms with Crippen molar-refractivity contribution < 1.29 is 4.79 Å². The molecule has 0 unspecified atom stereocenters. The second-order valence-electron chi connectivity index (χ2n) is 5.47. The smallest absolute Gasteiger partial charge is 0.271 e. The van der Waals surface area contributed by atoms with Crippen LogP contribution >= 0.6 is 23.2 Å². The molecule has 0 bridgehead atoms. The Balaban J connectivity index is 1.99. The van der Waals surface area contributed by atoms with Gasteiger partial charge >= 0.3 is 0 Å². The van der Waals surface area contributed by atoms with Gasteiger partial charge in [0.25, 0.3) is 5.91 Å². The van der Waals surface area contributed by atoms with Crippen LogP contribution in [0, 0.1) is 5.92 Å². The molecule has 122 valence electrons. The minimum absolute atomic E-state index is 0.231. The minimum atomic E-state index is -0.231. The summed E-state index contributed by atoms with van der Waals surface area (Å²) in [5, 5.41) is 6.91. The van der Waals surface area contributed by atoms with Crippen LogP contribution in [0.3, 0.4) is 0 Å². The normalized spacial score (nSPS) is 10.7. The zero-order chi connectivity index (χ0) is 16.8. The van der Waals surface area contributed by atoms with Crippen molar-refractivity contribution in [1.29, 1.82) is 0 Å². The first kappa shape index (κ1) is 17.5. The summed E-state index contributed by atoms with van der Waals surface area (Å²) in [4.78, 5) is 20.2. The van der Waals surface area contributed by atoms with Crippen LogP contribution in [0.25, 0.3) is 0 Å². The average molecular weight is 353 g/mol. The summed E-state index contributed by atoms with van der Waals surface area (Å²) in [6.45, 7) is 4.83. The molecular weight excluding hydrogens is 335 g/mol. The Morgan fingerprint density at radius 3 is 2.65 bits per heavy atom. The number of carbonyl (C=O) groups is 1. The second kappa shape index (κ2) is 8.13. The van der Waals surface area contributed by atoms with Crippen molar-refractivity contribution in [3.63, 3.8) is 0 Å². The number of carbonyl (C=O) groups excluding carboxylic acids is 1. The van der Waals surface area contributed by atoms with Gasteiger partial charge in [0.1, 0.15) is 11.5 Å². The lowest BCUT2D eigenvalue weighted by Gasteiger charge is -2.09. The van der Waals surface area contributed by atoms with E-state index in [4.69, 9.17) is 23.2 Å². The summed E-state index contributed by atoms with van der Waals surface area (Å²) in [7, 11) is 0. The molecule has 0 saturated heterocycles. The van der Waals surface area contributed by atoms with Crippen LogP contribution in [0.4, 0.5) is 11.5 Å². The van der Waals surface area contributed by atoms with Gasteiger partial charge in [0, 0.05) is 11.6 Å². The molecule has 23 heavy (non-hydrogen) atoms.